The summed E-state index contributed by atoms with van der Waals surface area (Å²) in [5.74, 6) is -0.559. The first-order chi connectivity index (χ1) is 8.02. The van der Waals surface area contributed by atoms with Gasteiger partial charge in [0, 0.05) is 22.0 Å². The van der Waals surface area contributed by atoms with Gasteiger partial charge >= 0.3 is 5.97 Å². The standard InChI is InChI=1S/C12H12Cl2O3/c1-2-17-12(16)4-3-11(15)8-5-9(13)7-10(14)6-8/h5-7H,2-4H2,1H3. The van der Waals surface area contributed by atoms with Gasteiger partial charge in [0.05, 0.1) is 13.0 Å². The van der Waals surface area contributed by atoms with E-state index in [0.29, 0.717) is 22.2 Å². The summed E-state index contributed by atoms with van der Waals surface area (Å²) in [7, 11) is 0. The van der Waals surface area contributed by atoms with Gasteiger partial charge in [-0.1, -0.05) is 23.2 Å². The molecule has 0 radical (unpaired) electrons. The fourth-order valence-corrected chi connectivity index (χ4v) is 1.83. The van der Waals surface area contributed by atoms with Crippen LogP contribution in [-0.2, 0) is 9.53 Å². The fourth-order valence-electron chi connectivity index (χ4n) is 1.31. The SMILES string of the molecule is CCOC(=O)CCC(=O)c1cc(Cl)cc(Cl)c1. The molecule has 1 aromatic rings. The summed E-state index contributed by atoms with van der Waals surface area (Å²) in [6, 6.07) is 4.60. The normalized spacial score (nSPS) is 10.1. The van der Waals surface area contributed by atoms with E-state index in [4.69, 9.17) is 27.9 Å². The van der Waals surface area contributed by atoms with E-state index in [2.05, 4.69) is 0 Å². The van der Waals surface area contributed by atoms with E-state index in [0.717, 1.165) is 0 Å². The number of ether oxygens (including phenoxy) is 1. The summed E-state index contributed by atoms with van der Waals surface area (Å²) in [5.41, 5.74) is 0.409. The maximum Gasteiger partial charge on any atom is 0.306 e. The van der Waals surface area contributed by atoms with Crippen molar-refractivity contribution in [2.24, 2.45) is 0 Å². The van der Waals surface area contributed by atoms with Crippen LogP contribution in [0.15, 0.2) is 18.2 Å². The molecular formula is C12H12Cl2O3. The molecule has 17 heavy (non-hydrogen) atoms. The summed E-state index contributed by atoms with van der Waals surface area (Å²) >= 11 is 11.6. The molecule has 5 heteroatoms. The summed E-state index contributed by atoms with van der Waals surface area (Å²) in [5, 5.41) is 0.800. The van der Waals surface area contributed by atoms with Crippen molar-refractivity contribution in [1.29, 1.82) is 0 Å². The number of esters is 1. The molecule has 0 atom stereocenters. The maximum atomic E-state index is 11.7. The largest absolute Gasteiger partial charge is 0.466 e. The molecule has 0 unspecified atom stereocenters. The van der Waals surface area contributed by atoms with E-state index in [1.54, 1.807) is 13.0 Å². The number of rotatable bonds is 5. The molecule has 0 N–H and O–H groups in total. The third-order valence-electron chi connectivity index (χ3n) is 2.05. The van der Waals surface area contributed by atoms with Gasteiger partial charge in [-0.3, -0.25) is 9.59 Å². The molecular weight excluding hydrogens is 263 g/mol. The number of halogens is 2. The molecule has 0 bridgehead atoms. The number of hydrogen-bond donors (Lipinski definition) is 0. The quantitative estimate of drug-likeness (QED) is 0.610. The summed E-state index contributed by atoms with van der Waals surface area (Å²) in [6.07, 6.45) is 0.159. The Labute approximate surface area is 110 Å². The molecule has 0 aromatic heterocycles. The smallest absolute Gasteiger partial charge is 0.306 e. The van der Waals surface area contributed by atoms with Crippen LogP contribution in [0.4, 0.5) is 0 Å². The zero-order chi connectivity index (χ0) is 12.8. The number of carbonyl (C=O) groups excluding carboxylic acids is 2. The Morgan fingerprint density at radius 1 is 1.12 bits per heavy atom. The van der Waals surface area contributed by atoms with Crippen molar-refractivity contribution in [3.05, 3.63) is 33.8 Å². The number of ketones is 1. The van der Waals surface area contributed by atoms with Crippen LogP contribution in [0.1, 0.15) is 30.1 Å². The van der Waals surface area contributed by atoms with Crippen LogP contribution in [-0.4, -0.2) is 18.4 Å². The Morgan fingerprint density at radius 3 is 2.24 bits per heavy atom. The van der Waals surface area contributed by atoms with Crippen LogP contribution in [0.3, 0.4) is 0 Å². The van der Waals surface area contributed by atoms with Crippen LogP contribution in [0, 0.1) is 0 Å². The molecule has 0 saturated carbocycles. The third-order valence-corrected chi connectivity index (χ3v) is 2.48. The molecule has 0 fully saturated rings. The average Bonchev–Trinajstić information content (AvgIpc) is 2.25. The zero-order valence-corrected chi connectivity index (χ0v) is 10.8. The lowest BCUT2D eigenvalue weighted by molar-refractivity contribution is -0.143. The summed E-state index contributed by atoms with van der Waals surface area (Å²) in [4.78, 5) is 22.8. The van der Waals surface area contributed by atoms with Gasteiger partial charge in [0.2, 0.25) is 0 Å². The average molecular weight is 275 g/mol. The van der Waals surface area contributed by atoms with Crippen molar-refractivity contribution < 1.29 is 14.3 Å². The Hall–Kier alpha value is -1.06. The minimum atomic E-state index is -0.381. The minimum Gasteiger partial charge on any atom is -0.466 e. The first-order valence-electron chi connectivity index (χ1n) is 5.18. The monoisotopic (exact) mass is 274 g/mol. The molecule has 0 saturated heterocycles. The van der Waals surface area contributed by atoms with Gasteiger partial charge in [-0.2, -0.15) is 0 Å². The molecule has 1 rings (SSSR count). The molecule has 0 aliphatic carbocycles. The molecule has 0 aliphatic heterocycles. The van der Waals surface area contributed by atoms with E-state index in [1.807, 2.05) is 0 Å². The molecule has 0 aliphatic rings. The molecule has 1 aromatic carbocycles. The summed E-state index contributed by atoms with van der Waals surface area (Å²) < 4.78 is 4.73. The van der Waals surface area contributed by atoms with Crippen LogP contribution in [0.5, 0.6) is 0 Å². The van der Waals surface area contributed by atoms with Crippen LogP contribution in [0.25, 0.3) is 0 Å². The van der Waals surface area contributed by atoms with Crippen LogP contribution in [0.2, 0.25) is 10.0 Å². The predicted octanol–water partition coefficient (Wildman–Crippen LogP) is 3.52. The van der Waals surface area contributed by atoms with Crippen molar-refractivity contribution in [3.63, 3.8) is 0 Å². The van der Waals surface area contributed by atoms with E-state index < -0.39 is 0 Å². The third kappa shape index (κ3) is 4.75. The van der Waals surface area contributed by atoms with Gasteiger partial charge < -0.3 is 4.74 Å². The van der Waals surface area contributed by atoms with Gasteiger partial charge in [0.25, 0.3) is 0 Å². The first-order valence-corrected chi connectivity index (χ1v) is 5.93. The van der Waals surface area contributed by atoms with E-state index in [9.17, 15) is 9.59 Å². The number of carbonyl (C=O) groups is 2. The molecule has 92 valence electrons. The van der Waals surface area contributed by atoms with Crippen molar-refractivity contribution in [1.82, 2.24) is 0 Å². The van der Waals surface area contributed by atoms with Crippen molar-refractivity contribution in [3.8, 4) is 0 Å². The topological polar surface area (TPSA) is 43.4 Å². The van der Waals surface area contributed by atoms with Crippen molar-refractivity contribution >= 4 is 35.0 Å². The highest BCUT2D eigenvalue weighted by Crippen LogP contribution is 2.20. The molecule has 0 amide bonds. The Bertz CT molecular complexity index is 410. The molecule has 3 nitrogen and oxygen atoms in total. The number of hydrogen-bond acceptors (Lipinski definition) is 3. The van der Waals surface area contributed by atoms with E-state index in [1.165, 1.54) is 12.1 Å². The number of benzene rings is 1. The number of Topliss-reactive ketones (excluding diaryl/α,β-unsaturated/α-hetero) is 1. The van der Waals surface area contributed by atoms with Gasteiger partial charge in [-0.05, 0) is 25.1 Å². The van der Waals surface area contributed by atoms with Crippen LogP contribution < -0.4 is 0 Å². The zero-order valence-electron chi connectivity index (χ0n) is 9.33. The predicted molar refractivity (Wildman–Crippen MR) is 66.7 cm³/mol. The fraction of sp³-hybridized carbons (Fsp3) is 0.333. The van der Waals surface area contributed by atoms with Crippen molar-refractivity contribution in [2.75, 3.05) is 6.61 Å². The lowest BCUT2D eigenvalue weighted by Crippen LogP contribution is -2.08. The second-order valence-electron chi connectivity index (χ2n) is 3.39. The second kappa shape index (κ2) is 6.62. The lowest BCUT2D eigenvalue weighted by atomic mass is 10.1. The maximum absolute atomic E-state index is 11.7. The van der Waals surface area contributed by atoms with Gasteiger partial charge in [-0.25, -0.2) is 0 Å². The highest BCUT2D eigenvalue weighted by Gasteiger charge is 2.11. The molecule has 0 heterocycles. The summed E-state index contributed by atoms with van der Waals surface area (Å²) in [6.45, 7) is 2.03. The first kappa shape index (κ1) is 14.0. The van der Waals surface area contributed by atoms with E-state index >= 15 is 0 Å². The van der Waals surface area contributed by atoms with E-state index in [-0.39, 0.29) is 24.6 Å². The van der Waals surface area contributed by atoms with Crippen LogP contribution >= 0.6 is 23.2 Å². The Balaban J connectivity index is 2.61. The minimum absolute atomic E-state index is 0.0663. The van der Waals surface area contributed by atoms with Crippen molar-refractivity contribution in [2.45, 2.75) is 19.8 Å². The lowest BCUT2D eigenvalue weighted by Gasteiger charge is -2.03. The second-order valence-corrected chi connectivity index (χ2v) is 4.26. The Morgan fingerprint density at radius 2 is 1.71 bits per heavy atom. The Kier molecular flexibility index (Phi) is 5.45. The highest BCUT2D eigenvalue weighted by atomic mass is 35.5. The highest BCUT2D eigenvalue weighted by molar-refractivity contribution is 6.35. The van der Waals surface area contributed by atoms with Gasteiger partial charge in [0.1, 0.15) is 0 Å². The van der Waals surface area contributed by atoms with Gasteiger partial charge in [-0.15, -0.1) is 0 Å². The van der Waals surface area contributed by atoms with Gasteiger partial charge in [0.15, 0.2) is 5.78 Å². The molecule has 0 spiro atoms.